The summed E-state index contributed by atoms with van der Waals surface area (Å²) in [5.41, 5.74) is 2.26. The van der Waals surface area contributed by atoms with Gasteiger partial charge in [0.05, 0.1) is 0 Å². The molecule has 0 aromatic heterocycles. The third kappa shape index (κ3) is 5.41. The Labute approximate surface area is 187 Å². The summed E-state index contributed by atoms with van der Waals surface area (Å²) in [7, 11) is 0. The quantitative estimate of drug-likeness (QED) is 0.179. The second kappa shape index (κ2) is 11.5. The first-order chi connectivity index (χ1) is 15.2. The van der Waals surface area contributed by atoms with Crippen LogP contribution in [0.15, 0.2) is 103 Å². The van der Waals surface area contributed by atoms with E-state index < -0.39 is 5.41 Å². The number of ketones is 1. The average Bonchev–Trinajstić information content (AvgIpc) is 2.81. The molecule has 0 saturated carbocycles. The van der Waals surface area contributed by atoms with Crippen LogP contribution in [0.5, 0.6) is 0 Å². The maximum atomic E-state index is 14.2. The first-order valence-electron chi connectivity index (χ1n) is 11.6. The van der Waals surface area contributed by atoms with Crippen LogP contribution in [0.3, 0.4) is 0 Å². The first-order valence-corrected chi connectivity index (χ1v) is 11.6. The number of hydrogen-bond acceptors (Lipinski definition) is 1. The SMILES string of the molecule is CCCCC/C=C/C(C)CC(=O)C(c1ccccc1)(c1ccccc1)c1ccccc1. The number of Topliss-reactive ketones (excluding diaryl/α,β-unsaturated/α-hetero) is 1. The van der Waals surface area contributed by atoms with Crippen molar-refractivity contribution in [3.63, 3.8) is 0 Å². The van der Waals surface area contributed by atoms with Crippen LogP contribution in [0.4, 0.5) is 0 Å². The molecule has 3 aromatic carbocycles. The van der Waals surface area contributed by atoms with Crippen molar-refractivity contribution in [2.75, 3.05) is 0 Å². The number of carbonyl (C=O) groups is 1. The van der Waals surface area contributed by atoms with Crippen molar-refractivity contribution in [3.8, 4) is 0 Å². The minimum atomic E-state index is -0.811. The van der Waals surface area contributed by atoms with Crippen molar-refractivity contribution in [3.05, 3.63) is 120 Å². The van der Waals surface area contributed by atoms with Gasteiger partial charge in [0.2, 0.25) is 0 Å². The monoisotopic (exact) mass is 410 g/mol. The second-order valence-corrected chi connectivity index (χ2v) is 8.38. The number of benzene rings is 3. The molecule has 0 saturated heterocycles. The fourth-order valence-electron chi connectivity index (χ4n) is 4.40. The largest absolute Gasteiger partial charge is 0.298 e. The molecular weight excluding hydrogens is 376 g/mol. The van der Waals surface area contributed by atoms with Crippen LogP contribution in [0.1, 0.15) is 62.6 Å². The molecule has 1 unspecified atom stereocenters. The highest BCUT2D eigenvalue weighted by Gasteiger charge is 2.43. The molecule has 1 nitrogen and oxygen atoms in total. The van der Waals surface area contributed by atoms with Crippen molar-refractivity contribution in [1.29, 1.82) is 0 Å². The predicted molar refractivity (Wildman–Crippen MR) is 131 cm³/mol. The smallest absolute Gasteiger partial charge is 0.152 e. The lowest BCUT2D eigenvalue weighted by Gasteiger charge is -2.35. The molecule has 0 N–H and O–H groups in total. The van der Waals surface area contributed by atoms with Crippen molar-refractivity contribution >= 4 is 5.78 Å². The minimum Gasteiger partial charge on any atom is -0.298 e. The summed E-state index contributed by atoms with van der Waals surface area (Å²) in [4.78, 5) is 14.2. The predicted octanol–water partition coefficient (Wildman–Crippen LogP) is 7.75. The highest BCUT2D eigenvalue weighted by Crippen LogP contribution is 2.41. The third-order valence-corrected chi connectivity index (χ3v) is 5.98. The molecule has 160 valence electrons. The van der Waals surface area contributed by atoms with Crippen LogP contribution in [0.25, 0.3) is 0 Å². The van der Waals surface area contributed by atoms with Gasteiger partial charge in [0.25, 0.3) is 0 Å². The van der Waals surface area contributed by atoms with Crippen LogP contribution in [-0.2, 0) is 10.2 Å². The van der Waals surface area contributed by atoms with E-state index in [9.17, 15) is 4.79 Å². The van der Waals surface area contributed by atoms with E-state index in [0.717, 1.165) is 23.1 Å². The van der Waals surface area contributed by atoms with Gasteiger partial charge in [-0.05, 0) is 35.4 Å². The van der Waals surface area contributed by atoms with Crippen LogP contribution >= 0.6 is 0 Å². The van der Waals surface area contributed by atoms with Gasteiger partial charge >= 0.3 is 0 Å². The van der Waals surface area contributed by atoms with Crippen LogP contribution < -0.4 is 0 Å². The Kier molecular flexibility index (Phi) is 8.41. The van der Waals surface area contributed by atoms with E-state index in [0.29, 0.717) is 6.42 Å². The summed E-state index contributed by atoms with van der Waals surface area (Å²) in [6.07, 6.45) is 9.78. The summed E-state index contributed by atoms with van der Waals surface area (Å²) in [5, 5.41) is 0. The lowest BCUT2D eigenvalue weighted by molar-refractivity contribution is -0.122. The molecule has 0 aliphatic carbocycles. The second-order valence-electron chi connectivity index (χ2n) is 8.38. The maximum absolute atomic E-state index is 14.2. The van der Waals surface area contributed by atoms with Gasteiger partial charge in [-0.25, -0.2) is 0 Å². The van der Waals surface area contributed by atoms with E-state index in [1.165, 1.54) is 19.3 Å². The van der Waals surface area contributed by atoms with Gasteiger partial charge in [-0.15, -0.1) is 0 Å². The van der Waals surface area contributed by atoms with Crippen molar-refractivity contribution in [1.82, 2.24) is 0 Å². The molecule has 0 spiro atoms. The number of rotatable bonds is 11. The molecule has 0 aliphatic heterocycles. The van der Waals surface area contributed by atoms with Gasteiger partial charge in [0.1, 0.15) is 5.41 Å². The zero-order valence-electron chi connectivity index (χ0n) is 18.8. The summed E-state index contributed by atoms with van der Waals surface area (Å²) >= 11 is 0. The average molecular weight is 411 g/mol. The highest BCUT2D eigenvalue weighted by molar-refractivity contribution is 5.98. The van der Waals surface area contributed by atoms with Crippen LogP contribution in [0, 0.1) is 5.92 Å². The number of allylic oxidation sites excluding steroid dienone is 2. The summed E-state index contributed by atoms with van der Waals surface area (Å²) in [6.45, 7) is 4.38. The fraction of sp³-hybridized carbons (Fsp3) is 0.300. The number of hydrogen-bond donors (Lipinski definition) is 0. The van der Waals surface area contributed by atoms with Gasteiger partial charge in [0.15, 0.2) is 5.78 Å². The number of unbranched alkanes of at least 4 members (excludes halogenated alkanes) is 3. The maximum Gasteiger partial charge on any atom is 0.152 e. The molecule has 3 aromatic rings. The Bertz CT molecular complexity index is 845. The summed E-state index contributed by atoms with van der Waals surface area (Å²) < 4.78 is 0. The third-order valence-electron chi connectivity index (χ3n) is 5.98. The minimum absolute atomic E-state index is 0.199. The lowest BCUT2D eigenvalue weighted by Crippen LogP contribution is -2.39. The Hall–Kier alpha value is -2.93. The lowest BCUT2D eigenvalue weighted by atomic mass is 9.65. The molecule has 31 heavy (non-hydrogen) atoms. The van der Waals surface area contributed by atoms with Gasteiger partial charge in [-0.1, -0.05) is 130 Å². The summed E-state index contributed by atoms with van der Waals surface area (Å²) in [5.74, 6) is 0.437. The van der Waals surface area contributed by atoms with Gasteiger partial charge < -0.3 is 0 Å². The fourth-order valence-corrected chi connectivity index (χ4v) is 4.40. The normalized spacial score (nSPS) is 12.7. The molecule has 0 aliphatic rings. The zero-order chi connectivity index (χ0) is 21.9. The van der Waals surface area contributed by atoms with E-state index in [-0.39, 0.29) is 11.7 Å². The molecule has 0 amide bonds. The molecule has 0 radical (unpaired) electrons. The Morgan fingerprint density at radius 3 is 1.65 bits per heavy atom. The van der Waals surface area contributed by atoms with Gasteiger partial charge in [-0.3, -0.25) is 4.79 Å². The van der Waals surface area contributed by atoms with Crippen molar-refractivity contribution in [2.24, 2.45) is 5.92 Å². The van der Waals surface area contributed by atoms with Crippen molar-refractivity contribution in [2.45, 2.75) is 51.4 Å². The van der Waals surface area contributed by atoms with Crippen molar-refractivity contribution < 1.29 is 4.79 Å². The number of carbonyl (C=O) groups excluding carboxylic acids is 1. The van der Waals surface area contributed by atoms with E-state index in [1.54, 1.807) is 0 Å². The first kappa shape index (κ1) is 22.7. The topological polar surface area (TPSA) is 17.1 Å². The summed E-state index contributed by atoms with van der Waals surface area (Å²) in [6, 6.07) is 30.7. The highest BCUT2D eigenvalue weighted by atomic mass is 16.1. The van der Waals surface area contributed by atoms with E-state index >= 15 is 0 Å². The zero-order valence-corrected chi connectivity index (χ0v) is 18.8. The van der Waals surface area contributed by atoms with Gasteiger partial charge in [0, 0.05) is 6.42 Å². The molecule has 1 heteroatoms. The van der Waals surface area contributed by atoms with E-state index in [4.69, 9.17) is 0 Å². The Balaban J connectivity index is 2.03. The van der Waals surface area contributed by atoms with E-state index in [2.05, 4.69) is 62.4 Å². The van der Waals surface area contributed by atoms with Gasteiger partial charge in [-0.2, -0.15) is 0 Å². The standard InChI is InChI=1S/C30H34O/c1-3-4-5-6-10-17-25(2)24-29(31)30(26-18-11-7-12-19-26,27-20-13-8-14-21-27)28-22-15-9-16-23-28/h7-23,25H,3-6,24H2,1-2H3/b17-10+. The van der Waals surface area contributed by atoms with Crippen LogP contribution in [-0.4, -0.2) is 5.78 Å². The Morgan fingerprint density at radius 1 is 0.774 bits per heavy atom. The molecule has 0 bridgehead atoms. The molecule has 0 heterocycles. The molecule has 1 atom stereocenters. The Morgan fingerprint density at radius 2 is 1.23 bits per heavy atom. The van der Waals surface area contributed by atoms with E-state index in [1.807, 2.05) is 54.6 Å². The molecular formula is C30H34O. The van der Waals surface area contributed by atoms with Crippen LogP contribution in [0.2, 0.25) is 0 Å². The molecule has 0 fully saturated rings. The molecule has 3 rings (SSSR count).